The van der Waals surface area contributed by atoms with Gasteiger partial charge >= 0.3 is 31.7 Å². The first-order valence-electron chi connectivity index (χ1n) is 48.2. The van der Waals surface area contributed by atoms with Crippen molar-refractivity contribution in [2.75, 3.05) is 26.4 Å². The van der Waals surface area contributed by atoms with E-state index in [9.17, 15) is 74.6 Å². The Hall–Kier alpha value is -2.53. The van der Waals surface area contributed by atoms with E-state index in [0.29, 0.717) is 38.0 Å². The van der Waals surface area contributed by atoms with Crippen LogP contribution < -0.4 is 0 Å². The van der Waals surface area contributed by atoms with Crippen molar-refractivity contribution in [2.24, 2.45) is 5.92 Å². The van der Waals surface area contributed by atoms with Crippen molar-refractivity contribution in [3.8, 4) is 0 Å². The van der Waals surface area contributed by atoms with E-state index in [0.717, 1.165) is 128 Å². The predicted molar refractivity (Wildman–Crippen MR) is 458 cm³/mol. The Kier molecular flexibility index (Phi) is 65.6. The van der Waals surface area contributed by atoms with Gasteiger partial charge in [-0.25, -0.2) is 4.57 Å². The molecular formula is C92H173O25P. The summed E-state index contributed by atoms with van der Waals surface area (Å²) in [4.78, 5) is 66.6. The second kappa shape index (κ2) is 70.6. The molecule has 696 valence electrons. The highest BCUT2D eigenvalue weighted by Crippen LogP contribution is 2.49. The number of aliphatic hydroxyl groups excluding tert-OH is 9. The number of phosphoric ester groups is 1. The van der Waals surface area contributed by atoms with E-state index < -0.39 is 162 Å². The van der Waals surface area contributed by atoms with Crippen molar-refractivity contribution in [2.45, 2.75) is 530 Å². The molecule has 3 aliphatic rings. The van der Waals surface area contributed by atoms with Crippen molar-refractivity contribution >= 4 is 31.7 Å². The highest BCUT2D eigenvalue weighted by Gasteiger charge is 2.60. The van der Waals surface area contributed by atoms with Gasteiger partial charge in [-0.2, -0.15) is 0 Å². The molecule has 118 heavy (non-hydrogen) atoms. The Morgan fingerprint density at radius 2 is 0.636 bits per heavy atom. The summed E-state index contributed by atoms with van der Waals surface area (Å²) >= 11 is 0. The average molecular weight is 1710 g/mol. The van der Waals surface area contributed by atoms with E-state index in [1.54, 1.807) is 0 Å². The van der Waals surface area contributed by atoms with Crippen LogP contribution in [0.2, 0.25) is 0 Å². The first-order valence-corrected chi connectivity index (χ1v) is 49.7. The molecule has 3 fully saturated rings. The third-order valence-corrected chi connectivity index (χ3v) is 25.0. The van der Waals surface area contributed by atoms with Crippen LogP contribution in [0.25, 0.3) is 0 Å². The lowest BCUT2D eigenvalue weighted by atomic mass is 9.84. The number of carbonyl (C=O) groups excluding carboxylic acids is 4. The maximum absolute atomic E-state index is 14.9. The zero-order chi connectivity index (χ0) is 86.2. The van der Waals surface area contributed by atoms with Gasteiger partial charge in [0.1, 0.15) is 92.6 Å². The van der Waals surface area contributed by atoms with E-state index >= 15 is 0 Å². The zero-order valence-corrected chi connectivity index (χ0v) is 75.3. The molecule has 0 aromatic carbocycles. The molecule has 0 aromatic heterocycles. The summed E-state index contributed by atoms with van der Waals surface area (Å²) in [5.74, 6) is -2.27. The van der Waals surface area contributed by atoms with Gasteiger partial charge in [-0.05, 0) is 31.6 Å². The van der Waals surface area contributed by atoms with Crippen LogP contribution in [0.4, 0.5) is 0 Å². The standard InChI is InChI=1S/C92H173O25P/c1-6-10-14-18-22-25-28-31-33-36-38-41-44-51-57-63-75(94)108-68-72(111-77(96)65-59-54-48-47-50-56-62-71(5)61-55-49-21-17-13-9-4)69-110-118(106,107)117-90-88(115-91-85(104)81(100)79(98)73(67-93)112-91)84(103)83(102)87(114-78(97)66-60-53-46-43-40-35-30-27-24-20-16-12-8-3)89(90)116-92-86(105)82(101)80(99)74(113-92)70-109-76(95)64-58-52-45-42-39-37-34-32-29-26-23-19-15-11-7-2/h71-74,79-93,98-105H,6-70H2,1-5H3,(H,106,107). The van der Waals surface area contributed by atoms with Gasteiger partial charge in [0.25, 0.3) is 0 Å². The molecule has 3 rings (SSSR count). The molecule has 1 saturated carbocycles. The largest absolute Gasteiger partial charge is 0.472 e. The minimum atomic E-state index is -5.80. The van der Waals surface area contributed by atoms with E-state index in [1.165, 1.54) is 205 Å². The van der Waals surface area contributed by atoms with Crippen LogP contribution in [-0.2, 0) is 70.7 Å². The Labute approximate surface area is 712 Å². The van der Waals surface area contributed by atoms with Gasteiger partial charge < -0.3 is 88.7 Å². The number of hydrogen-bond donors (Lipinski definition) is 10. The van der Waals surface area contributed by atoms with Gasteiger partial charge in [0.15, 0.2) is 24.8 Å². The Balaban J connectivity index is 1.91. The summed E-state index contributed by atoms with van der Waals surface area (Å²) in [6.45, 7) is 7.96. The number of phosphoric acid groups is 1. The SMILES string of the molecule is CCCCCCCCCCCCCCCCCC(=O)OCC(COP(=O)(O)OC1C(OC2OC(CO)C(O)C(O)C2O)C(O)C(O)C(OC(=O)CCCCCCCCCCCCCCC)C1OC1OC(COC(=O)CCCCCCCCCCCCCCCCC)C(O)C(O)C1O)OC(=O)CCCCCCCCC(C)CCCCCCCC. The van der Waals surface area contributed by atoms with Crippen molar-refractivity contribution in [1.29, 1.82) is 0 Å². The fourth-order valence-corrected chi connectivity index (χ4v) is 17.2. The summed E-state index contributed by atoms with van der Waals surface area (Å²) in [7, 11) is -5.80. The number of esters is 4. The predicted octanol–water partition coefficient (Wildman–Crippen LogP) is 18.0. The highest BCUT2D eigenvalue weighted by molar-refractivity contribution is 7.47. The minimum Gasteiger partial charge on any atom is -0.463 e. The topological polar surface area (TPSA) is 380 Å². The lowest BCUT2D eigenvalue weighted by molar-refractivity contribution is -0.360. The van der Waals surface area contributed by atoms with E-state index in [2.05, 4.69) is 34.6 Å². The smallest absolute Gasteiger partial charge is 0.463 e. The Bertz CT molecular complexity index is 2470. The van der Waals surface area contributed by atoms with Gasteiger partial charge in [0, 0.05) is 25.7 Å². The molecule has 0 aromatic rings. The summed E-state index contributed by atoms with van der Waals surface area (Å²) in [5, 5.41) is 102. The van der Waals surface area contributed by atoms with Crippen molar-refractivity contribution in [1.82, 2.24) is 0 Å². The molecule has 2 aliphatic heterocycles. The van der Waals surface area contributed by atoms with Gasteiger partial charge in [-0.3, -0.25) is 28.2 Å². The second-order valence-corrected chi connectivity index (χ2v) is 36.3. The van der Waals surface area contributed by atoms with Crippen LogP contribution in [0, 0.1) is 5.92 Å². The van der Waals surface area contributed by atoms with Crippen LogP contribution in [0.1, 0.15) is 426 Å². The Morgan fingerprint density at radius 1 is 0.331 bits per heavy atom. The first kappa shape index (κ1) is 110. The number of carbonyl (C=O) groups is 4. The molecule has 1 aliphatic carbocycles. The van der Waals surface area contributed by atoms with Gasteiger partial charge in [-0.15, -0.1) is 0 Å². The third kappa shape index (κ3) is 50.6. The van der Waals surface area contributed by atoms with E-state index in [1.807, 2.05) is 0 Å². The Morgan fingerprint density at radius 3 is 1.01 bits per heavy atom. The molecule has 0 bridgehead atoms. The van der Waals surface area contributed by atoms with Gasteiger partial charge in [0.05, 0.1) is 13.2 Å². The molecule has 0 spiro atoms. The molecule has 2 heterocycles. The summed E-state index contributed by atoms with van der Waals surface area (Å²) in [6.07, 6.45) is 26.6. The monoisotopic (exact) mass is 1710 g/mol. The maximum atomic E-state index is 14.9. The fourth-order valence-electron chi connectivity index (χ4n) is 16.3. The van der Waals surface area contributed by atoms with Crippen molar-refractivity contribution in [3.05, 3.63) is 0 Å². The number of ether oxygens (including phenoxy) is 8. The molecule has 0 amide bonds. The van der Waals surface area contributed by atoms with Crippen molar-refractivity contribution < 1.29 is 122 Å². The third-order valence-electron chi connectivity index (χ3n) is 24.0. The number of rotatable bonds is 78. The van der Waals surface area contributed by atoms with E-state index in [-0.39, 0.29) is 25.7 Å². The summed E-state index contributed by atoms with van der Waals surface area (Å²) in [6, 6.07) is 0. The van der Waals surface area contributed by atoms with E-state index in [4.69, 9.17) is 46.9 Å². The summed E-state index contributed by atoms with van der Waals surface area (Å²) < 4.78 is 73.5. The molecule has 19 atom stereocenters. The van der Waals surface area contributed by atoms with Gasteiger partial charge in [-0.1, -0.05) is 375 Å². The van der Waals surface area contributed by atoms with Crippen LogP contribution >= 0.6 is 7.82 Å². The van der Waals surface area contributed by atoms with Crippen LogP contribution in [0.3, 0.4) is 0 Å². The average Bonchev–Trinajstić information content (AvgIpc) is 0.754. The number of aliphatic hydroxyl groups is 9. The normalized spacial score (nSPS) is 25.1. The molecule has 2 saturated heterocycles. The lowest BCUT2D eigenvalue weighted by Crippen LogP contribution is -2.70. The lowest BCUT2D eigenvalue weighted by Gasteiger charge is -2.50. The number of unbranched alkanes of at least 4 members (excludes halogenated alkanes) is 50. The van der Waals surface area contributed by atoms with Gasteiger partial charge in [0.2, 0.25) is 0 Å². The van der Waals surface area contributed by atoms with Crippen LogP contribution in [0.15, 0.2) is 0 Å². The second-order valence-electron chi connectivity index (χ2n) is 34.9. The van der Waals surface area contributed by atoms with Crippen molar-refractivity contribution in [3.63, 3.8) is 0 Å². The molecule has 10 N–H and O–H groups in total. The maximum Gasteiger partial charge on any atom is 0.472 e. The quantitative estimate of drug-likeness (QED) is 0.0117. The minimum absolute atomic E-state index is 0.0198. The molecule has 0 radical (unpaired) electrons. The molecule has 25 nitrogen and oxygen atoms in total. The first-order chi connectivity index (χ1) is 57.1. The summed E-state index contributed by atoms with van der Waals surface area (Å²) in [5.41, 5.74) is 0. The molecule has 26 heteroatoms. The molecule has 19 unspecified atom stereocenters. The van der Waals surface area contributed by atoms with Crippen LogP contribution in [0.5, 0.6) is 0 Å². The fraction of sp³-hybridized carbons (Fsp3) is 0.957. The number of hydrogen-bond acceptors (Lipinski definition) is 24. The highest BCUT2D eigenvalue weighted by atomic mass is 31.2. The zero-order valence-electron chi connectivity index (χ0n) is 74.4. The molecular weight excluding hydrogens is 1540 g/mol. The van der Waals surface area contributed by atoms with Crippen LogP contribution in [-0.4, -0.2) is 205 Å².